The van der Waals surface area contributed by atoms with Gasteiger partial charge in [-0.3, -0.25) is 4.99 Å². The van der Waals surface area contributed by atoms with E-state index in [4.69, 9.17) is 4.52 Å². The zero-order chi connectivity index (χ0) is 13.7. The number of hydrogen-bond acceptors (Lipinski definition) is 5. The Bertz CT molecular complexity index is 534. The van der Waals surface area contributed by atoms with Crippen LogP contribution in [0.5, 0.6) is 0 Å². The summed E-state index contributed by atoms with van der Waals surface area (Å²) >= 11 is 1.64. The van der Waals surface area contributed by atoms with Crippen molar-refractivity contribution in [3.8, 4) is 0 Å². The highest BCUT2D eigenvalue weighted by Gasteiger charge is 2.09. The standard InChI is InChI=1S/C12H17N5OS/c1-9-8-19-11(15-9)6-14-12(13-2)17(3)7-10-4-5-18-16-10/h4-5,8H,6-7H2,1-3H3,(H,13,14). The molecule has 0 atom stereocenters. The lowest BCUT2D eigenvalue weighted by Gasteiger charge is -2.20. The molecule has 0 fully saturated rings. The van der Waals surface area contributed by atoms with Crippen molar-refractivity contribution in [3.05, 3.63) is 34.1 Å². The van der Waals surface area contributed by atoms with Crippen molar-refractivity contribution >= 4 is 17.3 Å². The van der Waals surface area contributed by atoms with E-state index in [1.807, 2.05) is 30.3 Å². The van der Waals surface area contributed by atoms with Gasteiger partial charge >= 0.3 is 0 Å². The van der Waals surface area contributed by atoms with Crippen LogP contribution in [0.2, 0.25) is 0 Å². The minimum atomic E-state index is 0.646. The second-order valence-corrected chi connectivity index (χ2v) is 5.07. The Hall–Kier alpha value is -1.89. The smallest absolute Gasteiger partial charge is 0.194 e. The molecule has 0 unspecified atom stereocenters. The molecule has 102 valence electrons. The molecule has 0 aliphatic carbocycles. The summed E-state index contributed by atoms with van der Waals surface area (Å²) in [4.78, 5) is 10.6. The number of hydrogen-bond donors (Lipinski definition) is 1. The van der Waals surface area contributed by atoms with Crippen molar-refractivity contribution < 1.29 is 4.52 Å². The molecule has 7 heteroatoms. The Kier molecular flexibility index (Phi) is 4.51. The number of aromatic nitrogens is 2. The maximum atomic E-state index is 4.82. The van der Waals surface area contributed by atoms with Crippen molar-refractivity contribution in [1.29, 1.82) is 0 Å². The molecule has 6 nitrogen and oxygen atoms in total. The summed E-state index contributed by atoms with van der Waals surface area (Å²) < 4.78 is 4.82. The predicted molar refractivity (Wildman–Crippen MR) is 75.0 cm³/mol. The van der Waals surface area contributed by atoms with E-state index >= 15 is 0 Å². The van der Waals surface area contributed by atoms with Gasteiger partial charge in [0.25, 0.3) is 0 Å². The minimum Gasteiger partial charge on any atom is -0.364 e. The Morgan fingerprint density at radius 2 is 2.42 bits per heavy atom. The predicted octanol–water partition coefficient (Wildman–Crippen LogP) is 1.65. The largest absolute Gasteiger partial charge is 0.364 e. The highest BCUT2D eigenvalue weighted by atomic mass is 32.1. The first-order valence-corrected chi connectivity index (χ1v) is 6.79. The lowest BCUT2D eigenvalue weighted by Crippen LogP contribution is -2.38. The Labute approximate surface area is 116 Å². The van der Waals surface area contributed by atoms with Gasteiger partial charge in [-0.2, -0.15) is 0 Å². The first kappa shape index (κ1) is 13.5. The van der Waals surface area contributed by atoms with E-state index in [-0.39, 0.29) is 0 Å². The Morgan fingerprint density at radius 1 is 1.58 bits per heavy atom. The molecule has 0 spiro atoms. The number of rotatable bonds is 4. The third-order valence-electron chi connectivity index (χ3n) is 2.53. The molecule has 0 bridgehead atoms. The maximum absolute atomic E-state index is 4.82. The molecule has 0 aliphatic heterocycles. The second-order valence-electron chi connectivity index (χ2n) is 4.13. The molecule has 0 saturated heterocycles. The molecule has 0 saturated carbocycles. The third-order valence-corrected chi connectivity index (χ3v) is 3.49. The lowest BCUT2D eigenvalue weighted by molar-refractivity contribution is 0.391. The van der Waals surface area contributed by atoms with Gasteiger partial charge in [0, 0.05) is 31.2 Å². The van der Waals surface area contributed by atoms with Crippen LogP contribution < -0.4 is 5.32 Å². The first-order chi connectivity index (χ1) is 9.19. The normalized spacial score (nSPS) is 11.6. The van der Waals surface area contributed by atoms with E-state index in [1.54, 1.807) is 24.6 Å². The van der Waals surface area contributed by atoms with E-state index in [2.05, 4.69) is 20.4 Å². The van der Waals surface area contributed by atoms with E-state index in [0.29, 0.717) is 13.1 Å². The molecule has 1 N–H and O–H groups in total. The lowest BCUT2D eigenvalue weighted by atomic mass is 10.4. The number of nitrogens with one attached hydrogen (secondary N) is 1. The Morgan fingerprint density at radius 3 is 3.00 bits per heavy atom. The quantitative estimate of drug-likeness (QED) is 0.681. The van der Waals surface area contributed by atoms with Crippen molar-refractivity contribution in [2.24, 2.45) is 4.99 Å². The van der Waals surface area contributed by atoms with Crippen LogP contribution >= 0.6 is 11.3 Å². The second kappa shape index (κ2) is 6.33. The number of nitrogens with zero attached hydrogens (tertiary/aromatic N) is 4. The molecular formula is C12H17N5OS. The van der Waals surface area contributed by atoms with Gasteiger partial charge < -0.3 is 14.7 Å². The molecular weight excluding hydrogens is 262 g/mol. The highest BCUT2D eigenvalue weighted by Crippen LogP contribution is 2.08. The summed E-state index contributed by atoms with van der Waals surface area (Å²) in [6, 6.07) is 1.84. The Balaban J connectivity index is 1.89. The zero-order valence-electron chi connectivity index (χ0n) is 11.3. The van der Waals surface area contributed by atoms with Gasteiger partial charge in [0.2, 0.25) is 0 Å². The molecule has 0 aliphatic rings. The van der Waals surface area contributed by atoms with Gasteiger partial charge in [0.05, 0.1) is 13.1 Å². The van der Waals surface area contributed by atoms with Crippen LogP contribution in [0.3, 0.4) is 0 Å². The number of thiazole rings is 1. The molecule has 19 heavy (non-hydrogen) atoms. The molecule has 2 heterocycles. The van der Waals surface area contributed by atoms with Crippen LogP contribution in [0.1, 0.15) is 16.4 Å². The summed E-state index contributed by atoms with van der Waals surface area (Å²) in [6.45, 7) is 3.31. The van der Waals surface area contributed by atoms with Crippen molar-refractivity contribution in [2.45, 2.75) is 20.0 Å². The van der Waals surface area contributed by atoms with Gasteiger partial charge in [-0.15, -0.1) is 11.3 Å². The fourth-order valence-corrected chi connectivity index (χ4v) is 2.37. The average Bonchev–Trinajstić information content (AvgIpc) is 3.02. The van der Waals surface area contributed by atoms with E-state index in [0.717, 1.165) is 22.4 Å². The third kappa shape index (κ3) is 3.78. The van der Waals surface area contributed by atoms with Gasteiger partial charge in [-0.25, -0.2) is 4.98 Å². The van der Waals surface area contributed by atoms with Gasteiger partial charge in [0.1, 0.15) is 17.0 Å². The zero-order valence-corrected chi connectivity index (χ0v) is 12.1. The summed E-state index contributed by atoms with van der Waals surface area (Å²) in [5, 5.41) is 10.3. The van der Waals surface area contributed by atoms with Crippen LogP contribution in [0, 0.1) is 6.92 Å². The van der Waals surface area contributed by atoms with Crippen LogP contribution in [0.15, 0.2) is 27.2 Å². The van der Waals surface area contributed by atoms with Crippen LogP contribution in [-0.2, 0) is 13.1 Å². The summed E-state index contributed by atoms with van der Waals surface area (Å²) in [5.74, 6) is 0.802. The fourth-order valence-electron chi connectivity index (χ4n) is 1.66. The van der Waals surface area contributed by atoms with Crippen LogP contribution in [-0.4, -0.2) is 35.1 Å². The van der Waals surface area contributed by atoms with Gasteiger partial charge in [0.15, 0.2) is 5.96 Å². The molecule has 0 aromatic carbocycles. The summed E-state index contributed by atoms with van der Waals surface area (Å²) in [6.07, 6.45) is 1.57. The van der Waals surface area contributed by atoms with E-state index in [9.17, 15) is 0 Å². The first-order valence-electron chi connectivity index (χ1n) is 5.91. The molecule has 2 aromatic rings. The van der Waals surface area contributed by atoms with Crippen LogP contribution in [0.25, 0.3) is 0 Å². The van der Waals surface area contributed by atoms with Crippen LogP contribution in [0.4, 0.5) is 0 Å². The molecule has 2 rings (SSSR count). The van der Waals surface area contributed by atoms with Gasteiger partial charge in [-0.05, 0) is 6.92 Å². The number of guanidine groups is 1. The average molecular weight is 279 g/mol. The van der Waals surface area contributed by atoms with Crippen molar-refractivity contribution in [3.63, 3.8) is 0 Å². The molecule has 0 radical (unpaired) electrons. The molecule has 0 amide bonds. The molecule has 2 aromatic heterocycles. The monoisotopic (exact) mass is 279 g/mol. The van der Waals surface area contributed by atoms with E-state index < -0.39 is 0 Å². The topological polar surface area (TPSA) is 66.6 Å². The van der Waals surface area contributed by atoms with Crippen molar-refractivity contribution in [1.82, 2.24) is 20.4 Å². The van der Waals surface area contributed by atoms with E-state index in [1.165, 1.54) is 0 Å². The minimum absolute atomic E-state index is 0.646. The van der Waals surface area contributed by atoms with Crippen molar-refractivity contribution in [2.75, 3.05) is 14.1 Å². The number of aryl methyl sites for hydroxylation is 1. The number of aliphatic imine (C=N–C) groups is 1. The highest BCUT2D eigenvalue weighted by molar-refractivity contribution is 7.09. The SMILES string of the molecule is CN=C(NCc1nc(C)cs1)N(C)Cc1ccon1. The van der Waals surface area contributed by atoms with Gasteiger partial charge in [-0.1, -0.05) is 5.16 Å². The summed E-state index contributed by atoms with van der Waals surface area (Å²) in [7, 11) is 3.71. The summed E-state index contributed by atoms with van der Waals surface area (Å²) in [5.41, 5.74) is 1.92. The fraction of sp³-hybridized carbons (Fsp3) is 0.417. The maximum Gasteiger partial charge on any atom is 0.194 e.